The molecule has 0 aliphatic carbocycles. The van der Waals surface area contributed by atoms with Gasteiger partial charge >= 0.3 is 0 Å². The molecular weight excluding hydrogens is 186 g/mol. The molecule has 2 fully saturated rings. The highest BCUT2D eigenvalue weighted by molar-refractivity contribution is 7.99. The first-order chi connectivity index (χ1) is 6.25. The van der Waals surface area contributed by atoms with Gasteiger partial charge in [-0.05, 0) is 29.8 Å². The summed E-state index contributed by atoms with van der Waals surface area (Å²) < 4.78 is 0. The Bertz CT molecular complexity index is 220. The summed E-state index contributed by atoms with van der Waals surface area (Å²) in [4.78, 5) is 22.2. The molecule has 2 aliphatic heterocycles. The first kappa shape index (κ1) is 9.06. The Morgan fingerprint density at radius 1 is 1.15 bits per heavy atom. The van der Waals surface area contributed by atoms with Gasteiger partial charge in [0.2, 0.25) is 11.8 Å². The molecule has 0 radical (unpaired) electrons. The highest BCUT2D eigenvalue weighted by atomic mass is 32.2. The molecule has 4 heteroatoms. The Kier molecular flexibility index (Phi) is 2.58. The van der Waals surface area contributed by atoms with E-state index >= 15 is 0 Å². The maximum absolute atomic E-state index is 11.1. The van der Waals surface area contributed by atoms with Crippen LogP contribution in [0.3, 0.4) is 0 Å². The van der Waals surface area contributed by atoms with E-state index in [0.29, 0.717) is 24.7 Å². The average molecular weight is 199 g/mol. The predicted octanol–water partition coefficient (Wildman–Crippen LogP) is 0.792. The molecule has 0 spiro atoms. The molecule has 2 heterocycles. The summed E-state index contributed by atoms with van der Waals surface area (Å²) in [5.74, 6) is 3.06. The number of thioether (sulfide) groups is 1. The lowest BCUT2D eigenvalue weighted by Crippen LogP contribution is -2.40. The third-order valence-electron chi connectivity index (χ3n) is 2.81. The molecule has 1 atom stereocenters. The minimum absolute atomic E-state index is 0.0850. The van der Waals surface area contributed by atoms with E-state index in [1.54, 1.807) is 0 Å². The lowest BCUT2D eigenvalue weighted by Gasteiger charge is -2.25. The maximum Gasteiger partial charge on any atom is 0.226 e. The molecule has 0 aromatic heterocycles. The lowest BCUT2D eigenvalue weighted by molar-refractivity contribution is -0.135. The van der Waals surface area contributed by atoms with Crippen molar-refractivity contribution in [2.24, 2.45) is 11.8 Å². The molecule has 2 saturated heterocycles. The van der Waals surface area contributed by atoms with E-state index in [0.717, 1.165) is 5.75 Å². The molecule has 3 nitrogen and oxygen atoms in total. The second-order valence-corrected chi connectivity index (χ2v) is 4.91. The van der Waals surface area contributed by atoms with Crippen LogP contribution in [-0.4, -0.2) is 23.3 Å². The quantitative estimate of drug-likeness (QED) is 0.635. The Labute approximate surface area is 81.6 Å². The number of hydrogen-bond donors (Lipinski definition) is 1. The summed E-state index contributed by atoms with van der Waals surface area (Å²) >= 11 is 1.94. The molecule has 2 amide bonds. The number of amides is 2. The maximum atomic E-state index is 11.1. The highest BCUT2D eigenvalue weighted by Crippen LogP contribution is 2.34. The number of rotatable bonds is 1. The van der Waals surface area contributed by atoms with Gasteiger partial charge in [0.05, 0.1) is 0 Å². The van der Waals surface area contributed by atoms with E-state index in [2.05, 4.69) is 5.32 Å². The van der Waals surface area contributed by atoms with Crippen LogP contribution in [-0.2, 0) is 9.59 Å². The molecule has 2 rings (SSSR count). The average Bonchev–Trinajstić information content (AvgIpc) is 2.53. The minimum Gasteiger partial charge on any atom is -0.296 e. The zero-order chi connectivity index (χ0) is 9.26. The van der Waals surface area contributed by atoms with E-state index < -0.39 is 0 Å². The van der Waals surface area contributed by atoms with E-state index in [4.69, 9.17) is 0 Å². The molecule has 0 bridgehead atoms. The Morgan fingerprint density at radius 3 is 2.38 bits per heavy atom. The van der Waals surface area contributed by atoms with Gasteiger partial charge in [-0.15, -0.1) is 0 Å². The summed E-state index contributed by atoms with van der Waals surface area (Å²) in [6.07, 6.45) is 2.28. The molecule has 72 valence electrons. The summed E-state index contributed by atoms with van der Waals surface area (Å²) in [5.41, 5.74) is 0. The van der Waals surface area contributed by atoms with Crippen molar-refractivity contribution in [2.45, 2.75) is 19.3 Å². The van der Waals surface area contributed by atoms with E-state index in [9.17, 15) is 9.59 Å². The smallest absolute Gasteiger partial charge is 0.226 e. The van der Waals surface area contributed by atoms with E-state index in [1.807, 2.05) is 11.8 Å². The van der Waals surface area contributed by atoms with Crippen molar-refractivity contribution in [1.29, 1.82) is 0 Å². The first-order valence-corrected chi connectivity index (χ1v) is 5.81. The van der Waals surface area contributed by atoms with Crippen LogP contribution in [0.5, 0.6) is 0 Å². The molecule has 0 aromatic carbocycles. The van der Waals surface area contributed by atoms with Gasteiger partial charge in [-0.1, -0.05) is 0 Å². The van der Waals surface area contributed by atoms with Crippen LogP contribution in [0.25, 0.3) is 0 Å². The fourth-order valence-corrected chi connectivity index (χ4v) is 3.44. The van der Waals surface area contributed by atoms with Crippen LogP contribution >= 0.6 is 11.8 Å². The summed E-state index contributed by atoms with van der Waals surface area (Å²) in [5, 5.41) is 2.35. The molecule has 2 aliphatic rings. The molecule has 13 heavy (non-hydrogen) atoms. The van der Waals surface area contributed by atoms with Crippen molar-refractivity contribution < 1.29 is 9.59 Å². The van der Waals surface area contributed by atoms with Crippen LogP contribution in [0.15, 0.2) is 0 Å². The van der Waals surface area contributed by atoms with Crippen LogP contribution < -0.4 is 5.32 Å². The molecule has 1 N–H and O–H groups in total. The zero-order valence-electron chi connectivity index (χ0n) is 7.41. The number of hydrogen-bond acceptors (Lipinski definition) is 3. The zero-order valence-corrected chi connectivity index (χ0v) is 8.23. The second-order valence-electron chi connectivity index (χ2n) is 3.76. The van der Waals surface area contributed by atoms with Gasteiger partial charge in [0.15, 0.2) is 0 Å². The first-order valence-electron chi connectivity index (χ1n) is 4.66. The number of imide groups is 1. The summed E-state index contributed by atoms with van der Waals surface area (Å²) in [7, 11) is 0. The third kappa shape index (κ3) is 2.05. The van der Waals surface area contributed by atoms with Gasteiger partial charge in [-0.2, -0.15) is 11.8 Å². The number of carbonyl (C=O) groups excluding carboxylic acids is 2. The van der Waals surface area contributed by atoms with Gasteiger partial charge < -0.3 is 0 Å². The van der Waals surface area contributed by atoms with Gasteiger partial charge in [-0.25, -0.2) is 0 Å². The van der Waals surface area contributed by atoms with Crippen molar-refractivity contribution in [3.63, 3.8) is 0 Å². The second kappa shape index (κ2) is 3.70. The van der Waals surface area contributed by atoms with Crippen molar-refractivity contribution in [3.05, 3.63) is 0 Å². The Balaban J connectivity index is 1.97. The molecule has 0 saturated carbocycles. The predicted molar refractivity (Wildman–Crippen MR) is 51.3 cm³/mol. The summed E-state index contributed by atoms with van der Waals surface area (Å²) in [6.45, 7) is 0. The molecule has 1 unspecified atom stereocenters. The van der Waals surface area contributed by atoms with Crippen LogP contribution in [0.2, 0.25) is 0 Å². The van der Waals surface area contributed by atoms with Gasteiger partial charge in [0.1, 0.15) is 0 Å². The third-order valence-corrected chi connectivity index (χ3v) is 3.99. The highest BCUT2D eigenvalue weighted by Gasteiger charge is 2.32. The fraction of sp³-hybridized carbons (Fsp3) is 0.778. The Hall–Kier alpha value is -0.510. The largest absolute Gasteiger partial charge is 0.296 e. The van der Waals surface area contributed by atoms with Gasteiger partial charge in [0, 0.05) is 12.8 Å². The lowest BCUT2D eigenvalue weighted by atomic mass is 9.84. The van der Waals surface area contributed by atoms with E-state index in [-0.39, 0.29) is 11.8 Å². The van der Waals surface area contributed by atoms with Gasteiger partial charge in [-0.3, -0.25) is 14.9 Å². The van der Waals surface area contributed by atoms with Crippen LogP contribution in [0, 0.1) is 11.8 Å². The minimum atomic E-state index is -0.0850. The van der Waals surface area contributed by atoms with Crippen LogP contribution in [0.4, 0.5) is 0 Å². The topological polar surface area (TPSA) is 46.2 Å². The Morgan fingerprint density at radius 2 is 1.85 bits per heavy atom. The van der Waals surface area contributed by atoms with E-state index in [1.165, 1.54) is 12.2 Å². The van der Waals surface area contributed by atoms with Crippen molar-refractivity contribution in [1.82, 2.24) is 5.32 Å². The van der Waals surface area contributed by atoms with Crippen LogP contribution in [0.1, 0.15) is 19.3 Å². The standard InChI is InChI=1S/C9H13NO2S/c11-8-3-7(4-9(12)10-8)6-1-2-13-5-6/h6-7H,1-5H2,(H,10,11,12). The molecular formula is C9H13NO2S. The SMILES string of the molecule is O=C1CC(C2CCSC2)CC(=O)N1. The molecule has 0 aromatic rings. The monoisotopic (exact) mass is 199 g/mol. The number of nitrogens with one attached hydrogen (secondary N) is 1. The fourth-order valence-electron chi connectivity index (χ4n) is 2.06. The normalized spacial score (nSPS) is 30.6. The van der Waals surface area contributed by atoms with Gasteiger partial charge in [0.25, 0.3) is 0 Å². The van der Waals surface area contributed by atoms with Crippen molar-refractivity contribution >= 4 is 23.6 Å². The number of carbonyl (C=O) groups is 2. The number of piperidine rings is 1. The van der Waals surface area contributed by atoms with Crippen molar-refractivity contribution in [3.8, 4) is 0 Å². The summed E-state index contributed by atoms with van der Waals surface area (Å²) in [6, 6.07) is 0. The van der Waals surface area contributed by atoms with Crippen molar-refractivity contribution in [2.75, 3.05) is 11.5 Å².